The average molecular weight is 298 g/mol. The number of phenols is 1. The van der Waals surface area contributed by atoms with E-state index in [9.17, 15) is 5.11 Å². The molecule has 2 aromatic carbocycles. The third kappa shape index (κ3) is 3.55. The number of hydrogen-bond acceptors (Lipinski definition) is 5. The van der Waals surface area contributed by atoms with Gasteiger partial charge in [0.2, 0.25) is 11.1 Å². The third-order valence-electron chi connectivity index (χ3n) is 2.83. The van der Waals surface area contributed by atoms with Gasteiger partial charge in [-0.05, 0) is 17.7 Å². The fourth-order valence-electron chi connectivity index (χ4n) is 1.80. The molecule has 21 heavy (non-hydrogen) atoms. The molecule has 3 N–H and O–H groups in total. The van der Waals surface area contributed by atoms with Crippen molar-refractivity contribution in [3.63, 3.8) is 0 Å². The number of anilines is 2. The zero-order valence-corrected chi connectivity index (χ0v) is 12.0. The maximum atomic E-state index is 9.70. The Balaban J connectivity index is 1.63. The van der Waals surface area contributed by atoms with Gasteiger partial charge in [0, 0.05) is 5.75 Å². The number of nitrogens with one attached hydrogen (secondary N) is 2. The summed E-state index contributed by atoms with van der Waals surface area (Å²) >= 11 is 1.55. The number of para-hydroxylation sites is 2. The predicted octanol–water partition coefficient (Wildman–Crippen LogP) is 3.55. The van der Waals surface area contributed by atoms with Crippen LogP contribution in [-0.2, 0) is 5.75 Å². The zero-order chi connectivity index (χ0) is 14.5. The number of aromatic amines is 1. The molecule has 0 bridgehead atoms. The van der Waals surface area contributed by atoms with Gasteiger partial charge in [0.1, 0.15) is 5.75 Å². The molecule has 0 aliphatic heterocycles. The summed E-state index contributed by atoms with van der Waals surface area (Å²) in [6.07, 6.45) is 0. The summed E-state index contributed by atoms with van der Waals surface area (Å²) in [5.74, 6) is 1.49. The largest absolute Gasteiger partial charge is 0.506 e. The molecule has 0 atom stereocenters. The minimum absolute atomic E-state index is 0.174. The number of phenolic OH excluding ortho intramolecular Hbond substituents is 1. The van der Waals surface area contributed by atoms with Crippen molar-refractivity contribution in [3.8, 4) is 5.75 Å². The molecule has 0 unspecified atom stereocenters. The van der Waals surface area contributed by atoms with Crippen LogP contribution in [0.2, 0.25) is 0 Å². The number of benzene rings is 2. The van der Waals surface area contributed by atoms with Gasteiger partial charge in [-0.25, -0.2) is 5.10 Å². The molecule has 0 aliphatic carbocycles. The second kappa shape index (κ2) is 6.32. The van der Waals surface area contributed by atoms with Crippen LogP contribution in [0, 0.1) is 0 Å². The fraction of sp³-hybridized carbons (Fsp3) is 0.0667. The van der Waals surface area contributed by atoms with E-state index in [1.807, 2.05) is 24.3 Å². The van der Waals surface area contributed by atoms with E-state index in [1.54, 1.807) is 30.0 Å². The Bertz CT molecular complexity index is 714. The third-order valence-corrected chi connectivity index (χ3v) is 3.75. The van der Waals surface area contributed by atoms with Crippen LogP contribution in [0.1, 0.15) is 5.56 Å². The molecular weight excluding hydrogens is 284 g/mol. The van der Waals surface area contributed by atoms with E-state index in [-0.39, 0.29) is 5.75 Å². The van der Waals surface area contributed by atoms with Gasteiger partial charge >= 0.3 is 0 Å². The average Bonchev–Trinajstić information content (AvgIpc) is 2.96. The molecule has 3 rings (SSSR count). The molecule has 0 fully saturated rings. The highest BCUT2D eigenvalue weighted by molar-refractivity contribution is 7.98. The monoisotopic (exact) mass is 298 g/mol. The topological polar surface area (TPSA) is 73.8 Å². The van der Waals surface area contributed by atoms with E-state index in [1.165, 1.54) is 5.56 Å². The van der Waals surface area contributed by atoms with Gasteiger partial charge in [-0.15, -0.1) is 5.10 Å². The summed E-state index contributed by atoms with van der Waals surface area (Å²) in [7, 11) is 0. The maximum Gasteiger partial charge on any atom is 0.224 e. The van der Waals surface area contributed by atoms with E-state index < -0.39 is 0 Å². The molecule has 1 heterocycles. The first-order valence-corrected chi connectivity index (χ1v) is 7.44. The molecule has 0 spiro atoms. The van der Waals surface area contributed by atoms with E-state index >= 15 is 0 Å². The summed E-state index contributed by atoms with van der Waals surface area (Å²) in [4.78, 5) is 4.34. The van der Waals surface area contributed by atoms with E-state index in [4.69, 9.17) is 0 Å². The molecule has 5 nitrogen and oxygen atoms in total. The second-order valence-corrected chi connectivity index (χ2v) is 5.33. The first kappa shape index (κ1) is 13.5. The number of aromatic nitrogens is 3. The molecule has 106 valence electrons. The van der Waals surface area contributed by atoms with Crippen LogP contribution in [-0.4, -0.2) is 20.3 Å². The van der Waals surface area contributed by atoms with Gasteiger partial charge in [-0.1, -0.05) is 54.2 Å². The van der Waals surface area contributed by atoms with E-state index in [0.29, 0.717) is 16.8 Å². The van der Waals surface area contributed by atoms with Crippen molar-refractivity contribution in [1.29, 1.82) is 0 Å². The van der Waals surface area contributed by atoms with Gasteiger partial charge in [-0.3, -0.25) is 0 Å². The van der Waals surface area contributed by atoms with Crippen molar-refractivity contribution in [2.75, 3.05) is 5.32 Å². The Hall–Kier alpha value is -2.47. The van der Waals surface area contributed by atoms with E-state index in [2.05, 4.69) is 32.6 Å². The van der Waals surface area contributed by atoms with Crippen LogP contribution in [0.4, 0.5) is 11.6 Å². The molecule has 0 radical (unpaired) electrons. The highest BCUT2D eigenvalue weighted by Crippen LogP contribution is 2.25. The Morgan fingerprint density at radius 1 is 1.05 bits per heavy atom. The molecule has 0 aliphatic rings. The van der Waals surface area contributed by atoms with Crippen molar-refractivity contribution >= 4 is 23.4 Å². The van der Waals surface area contributed by atoms with Crippen LogP contribution in [0.25, 0.3) is 0 Å². The normalized spacial score (nSPS) is 10.5. The van der Waals surface area contributed by atoms with Gasteiger partial charge in [-0.2, -0.15) is 4.98 Å². The number of rotatable bonds is 5. The SMILES string of the molecule is Oc1ccccc1Nc1nc(SCc2ccccc2)n[nH]1. The highest BCUT2D eigenvalue weighted by atomic mass is 32.2. The summed E-state index contributed by atoms with van der Waals surface area (Å²) in [6, 6.07) is 17.2. The first-order chi connectivity index (χ1) is 10.3. The number of hydrogen-bond donors (Lipinski definition) is 3. The molecule has 0 amide bonds. The predicted molar refractivity (Wildman–Crippen MR) is 83.8 cm³/mol. The van der Waals surface area contributed by atoms with Gasteiger partial charge in [0.05, 0.1) is 5.69 Å². The van der Waals surface area contributed by atoms with Gasteiger partial charge in [0.15, 0.2) is 0 Å². The van der Waals surface area contributed by atoms with Crippen LogP contribution >= 0.6 is 11.8 Å². The fourth-order valence-corrected chi connectivity index (χ4v) is 2.55. The van der Waals surface area contributed by atoms with Crippen molar-refractivity contribution in [3.05, 3.63) is 60.2 Å². The molecule has 0 saturated heterocycles. The maximum absolute atomic E-state index is 9.70. The number of aromatic hydroxyl groups is 1. The van der Waals surface area contributed by atoms with Crippen molar-refractivity contribution in [2.24, 2.45) is 0 Å². The molecule has 1 aromatic heterocycles. The minimum Gasteiger partial charge on any atom is -0.506 e. The molecular formula is C15H14N4OS. The first-order valence-electron chi connectivity index (χ1n) is 6.45. The van der Waals surface area contributed by atoms with Crippen LogP contribution < -0.4 is 5.32 Å². The number of thioether (sulfide) groups is 1. The Labute approximate surface area is 126 Å². The lowest BCUT2D eigenvalue weighted by Gasteiger charge is -2.03. The molecule has 0 saturated carbocycles. The van der Waals surface area contributed by atoms with Gasteiger partial charge < -0.3 is 10.4 Å². The molecule has 3 aromatic rings. The zero-order valence-electron chi connectivity index (χ0n) is 11.2. The van der Waals surface area contributed by atoms with Crippen molar-refractivity contribution in [2.45, 2.75) is 10.9 Å². The summed E-state index contributed by atoms with van der Waals surface area (Å²) < 4.78 is 0. The minimum atomic E-state index is 0.174. The lowest BCUT2D eigenvalue weighted by molar-refractivity contribution is 0.477. The van der Waals surface area contributed by atoms with Gasteiger partial charge in [0.25, 0.3) is 0 Å². The quantitative estimate of drug-likeness (QED) is 0.496. The van der Waals surface area contributed by atoms with Crippen molar-refractivity contribution < 1.29 is 5.11 Å². The van der Waals surface area contributed by atoms with Crippen LogP contribution in [0.3, 0.4) is 0 Å². The Kier molecular flexibility index (Phi) is 4.07. The highest BCUT2D eigenvalue weighted by Gasteiger charge is 2.06. The summed E-state index contributed by atoms with van der Waals surface area (Å²) in [5, 5.41) is 20.3. The Morgan fingerprint density at radius 2 is 1.81 bits per heavy atom. The summed E-state index contributed by atoms with van der Waals surface area (Å²) in [6.45, 7) is 0. The van der Waals surface area contributed by atoms with Crippen LogP contribution in [0.5, 0.6) is 5.75 Å². The second-order valence-electron chi connectivity index (χ2n) is 4.38. The smallest absolute Gasteiger partial charge is 0.224 e. The standard InChI is InChI=1S/C15H14N4OS/c20-13-9-5-4-8-12(13)16-14-17-15(19-18-14)21-10-11-6-2-1-3-7-11/h1-9,20H,10H2,(H2,16,17,18,19). The lowest BCUT2D eigenvalue weighted by atomic mass is 10.2. The number of H-pyrrole nitrogens is 1. The molecule has 6 heteroatoms. The number of nitrogens with zero attached hydrogens (tertiary/aromatic N) is 2. The lowest BCUT2D eigenvalue weighted by Crippen LogP contribution is -1.92. The van der Waals surface area contributed by atoms with Crippen molar-refractivity contribution in [1.82, 2.24) is 15.2 Å². The van der Waals surface area contributed by atoms with Crippen LogP contribution in [0.15, 0.2) is 59.8 Å². The van der Waals surface area contributed by atoms with E-state index in [0.717, 1.165) is 5.75 Å². The Morgan fingerprint density at radius 3 is 2.62 bits per heavy atom. The summed E-state index contributed by atoms with van der Waals surface area (Å²) in [5.41, 5.74) is 1.82.